The molecule has 2 aromatic rings. The quantitative estimate of drug-likeness (QED) is 0.725. The van der Waals surface area contributed by atoms with Crippen LogP contribution in [0.15, 0.2) is 36.4 Å². The molecule has 1 spiro atoms. The van der Waals surface area contributed by atoms with Gasteiger partial charge >= 0.3 is 6.03 Å². The lowest BCUT2D eigenvalue weighted by molar-refractivity contribution is -0.115. The largest absolute Gasteiger partial charge is 0.448 e. The molecule has 1 heterocycles. The Labute approximate surface area is 165 Å². The van der Waals surface area contributed by atoms with Crippen LogP contribution in [0.4, 0.5) is 25.0 Å². The van der Waals surface area contributed by atoms with E-state index in [0.717, 1.165) is 37.8 Å². The van der Waals surface area contributed by atoms with Crippen LogP contribution < -0.4 is 25.4 Å². The summed E-state index contributed by atoms with van der Waals surface area (Å²) in [6, 6.07) is 7.46. The first-order valence-corrected chi connectivity index (χ1v) is 9.24. The molecular formula is C20H19F2N3O4. The maximum atomic E-state index is 13.2. The molecule has 1 fully saturated rings. The van der Waals surface area contributed by atoms with Crippen LogP contribution in [0.3, 0.4) is 0 Å². The highest BCUT2D eigenvalue weighted by molar-refractivity contribution is 5.97. The normalized spacial score (nSPS) is 15.9. The van der Waals surface area contributed by atoms with E-state index in [1.807, 2.05) is 0 Å². The number of hydrogen-bond donors (Lipinski definition) is 3. The Balaban J connectivity index is 1.28. The number of carbonyl (C=O) groups excluding carboxylic acids is 2. The van der Waals surface area contributed by atoms with Crippen LogP contribution >= 0.6 is 0 Å². The number of rotatable bonds is 4. The fourth-order valence-electron chi connectivity index (χ4n) is 3.40. The monoisotopic (exact) mass is 403 g/mol. The highest BCUT2D eigenvalue weighted by Crippen LogP contribution is 2.47. The molecule has 2 aliphatic rings. The molecule has 2 aromatic carbocycles. The van der Waals surface area contributed by atoms with Crippen LogP contribution in [0.1, 0.15) is 25.7 Å². The van der Waals surface area contributed by atoms with Crippen LogP contribution in [-0.4, -0.2) is 24.3 Å². The molecule has 0 atom stereocenters. The van der Waals surface area contributed by atoms with Crippen molar-refractivity contribution in [1.29, 1.82) is 0 Å². The molecule has 1 aliphatic carbocycles. The Morgan fingerprint density at radius 3 is 2.34 bits per heavy atom. The van der Waals surface area contributed by atoms with Crippen LogP contribution in [0.25, 0.3) is 0 Å². The van der Waals surface area contributed by atoms with Gasteiger partial charge in [0, 0.05) is 36.3 Å². The van der Waals surface area contributed by atoms with Crippen LogP contribution in [0, 0.1) is 11.6 Å². The maximum absolute atomic E-state index is 13.2. The molecule has 0 saturated heterocycles. The van der Waals surface area contributed by atoms with Gasteiger partial charge in [-0.15, -0.1) is 0 Å². The van der Waals surface area contributed by atoms with Crippen molar-refractivity contribution < 1.29 is 27.8 Å². The van der Waals surface area contributed by atoms with Gasteiger partial charge in [0.05, 0.1) is 6.54 Å². The van der Waals surface area contributed by atoms with Gasteiger partial charge in [-0.05, 0) is 37.1 Å². The second-order valence-electron chi connectivity index (χ2n) is 6.97. The zero-order valence-corrected chi connectivity index (χ0v) is 15.4. The number of ether oxygens (including phenoxy) is 2. The lowest BCUT2D eigenvalue weighted by atomic mass is 10.2. The maximum Gasteiger partial charge on any atom is 0.319 e. The number of carbonyl (C=O) groups is 2. The molecular weight excluding hydrogens is 384 g/mol. The third-order valence-electron chi connectivity index (χ3n) is 4.77. The SMILES string of the molecule is O=C(CNC(=O)Nc1ccc2c(c1)OC1(CCCC1)O2)Nc1ccc(F)c(F)c1. The smallest absolute Gasteiger partial charge is 0.319 e. The van der Waals surface area contributed by atoms with E-state index in [1.54, 1.807) is 18.2 Å². The van der Waals surface area contributed by atoms with Crippen molar-refractivity contribution in [2.75, 3.05) is 17.2 Å². The summed E-state index contributed by atoms with van der Waals surface area (Å²) in [7, 11) is 0. The van der Waals surface area contributed by atoms with Gasteiger partial charge in [-0.3, -0.25) is 4.79 Å². The highest BCUT2D eigenvalue weighted by atomic mass is 19.2. The molecule has 0 aromatic heterocycles. The minimum absolute atomic E-state index is 0.0905. The van der Waals surface area contributed by atoms with Gasteiger partial charge in [0.15, 0.2) is 23.1 Å². The van der Waals surface area contributed by atoms with E-state index >= 15 is 0 Å². The number of anilines is 2. The van der Waals surface area contributed by atoms with Crippen LogP contribution in [0.5, 0.6) is 11.5 Å². The van der Waals surface area contributed by atoms with Crippen LogP contribution in [0.2, 0.25) is 0 Å². The topological polar surface area (TPSA) is 88.7 Å². The van der Waals surface area contributed by atoms with Gasteiger partial charge in [-0.25, -0.2) is 13.6 Å². The van der Waals surface area contributed by atoms with E-state index < -0.39 is 29.4 Å². The Morgan fingerprint density at radius 1 is 0.897 bits per heavy atom. The zero-order chi connectivity index (χ0) is 20.4. The van der Waals surface area contributed by atoms with E-state index in [9.17, 15) is 18.4 Å². The summed E-state index contributed by atoms with van der Waals surface area (Å²) < 4.78 is 37.9. The Kier molecular flexibility index (Phi) is 4.96. The first kappa shape index (κ1) is 19.0. The Morgan fingerprint density at radius 2 is 1.59 bits per heavy atom. The predicted octanol–water partition coefficient (Wildman–Crippen LogP) is 3.77. The van der Waals surface area contributed by atoms with E-state index in [1.165, 1.54) is 6.07 Å². The van der Waals surface area contributed by atoms with Crippen LogP contribution in [-0.2, 0) is 4.79 Å². The summed E-state index contributed by atoms with van der Waals surface area (Å²) in [5.74, 6) is -2.04. The van der Waals surface area contributed by atoms with Crippen molar-refractivity contribution in [2.24, 2.45) is 0 Å². The average molecular weight is 403 g/mol. The second-order valence-corrected chi connectivity index (χ2v) is 6.97. The molecule has 7 nitrogen and oxygen atoms in total. The van der Waals surface area contributed by atoms with Gasteiger partial charge in [-0.1, -0.05) is 0 Å². The summed E-state index contributed by atoms with van der Waals surface area (Å²) in [5, 5.41) is 7.37. The van der Waals surface area contributed by atoms with E-state index in [-0.39, 0.29) is 12.2 Å². The molecule has 0 unspecified atom stereocenters. The zero-order valence-electron chi connectivity index (χ0n) is 15.4. The summed E-state index contributed by atoms with van der Waals surface area (Å²) >= 11 is 0. The predicted molar refractivity (Wildman–Crippen MR) is 101 cm³/mol. The first-order chi connectivity index (χ1) is 13.9. The number of hydrogen-bond acceptors (Lipinski definition) is 4. The fourth-order valence-corrected chi connectivity index (χ4v) is 3.40. The molecule has 1 saturated carbocycles. The number of urea groups is 1. The van der Waals surface area contributed by atoms with E-state index in [2.05, 4.69) is 16.0 Å². The standard InChI is InChI=1S/C20H19F2N3O4/c21-14-5-3-12(9-15(14)22)24-18(26)11-23-19(27)25-13-4-6-16-17(10-13)29-20(28-16)7-1-2-8-20/h3-6,9-10H,1-2,7-8,11H2,(H,24,26)(H2,23,25,27). The van der Waals surface area contributed by atoms with Crippen molar-refractivity contribution in [1.82, 2.24) is 5.32 Å². The lowest BCUT2D eigenvalue weighted by Gasteiger charge is -2.21. The van der Waals surface area contributed by atoms with Crippen molar-refractivity contribution in [2.45, 2.75) is 31.5 Å². The Hall–Kier alpha value is -3.36. The average Bonchev–Trinajstić information content (AvgIpc) is 3.28. The van der Waals surface area contributed by atoms with Gasteiger partial charge < -0.3 is 25.4 Å². The summed E-state index contributed by atoms with van der Waals surface area (Å²) in [6.07, 6.45) is 3.76. The molecule has 0 radical (unpaired) electrons. The third kappa shape index (κ3) is 4.23. The number of fused-ring (bicyclic) bond motifs is 1. The van der Waals surface area contributed by atoms with Crippen molar-refractivity contribution >= 4 is 23.3 Å². The van der Waals surface area contributed by atoms with Crippen molar-refractivity contribution in [3.63, 3.8) is 0 Å². The molecule has 152 valence electrons. The second kappa shape index (κ2) is 7.57. The molecule has 29 heavy (non-hydrogen) atoms. The molecule has 9 heteroatoms. The van der Waals surface area contributed by atoms with Gasteiger partial charge in [0.1, 0.15) is 0 Å². The van der Waals surface area contributed by atoms with Crippen molar-refractivity contribution in [3.8, 4) is 11.5 Å². The lowest BCUT2D eigenvalue weighted by Crippen LogP contribution is -2.35. The summed E-state index contributed by atoms with van der Waals surface area (Å²) in [5.41, 5.74) is 0.577. The minimum atomic E-state index is -1.07. The van der Waals surface area contributed by atoms with Gasteiger partial charge in [-0.2, -0.15) is 0 Å². The number of amides is 3. The highest BCUT2D eigenvalue weighted by Gasteiger charge is 2.44. The third-order valence-corrected chi connectivity index (χ3v) is 4.77. The number of benzene rings is 2. The van der Waals surface area contributed by atoms with E-state index in [0.29, 0.717) is 17.2 Å². The molecule has 1 aliphatic heterocycles. The number of halogens is 2. The fraction of sp³-hybridized carbons (Fsp3) is 0.300. The van der Waals surface area contributed by atoms with Crippen molar-refractivity contribution in [3.05, 3.63) is 48.0 Å². The molecule has 0 bridgehead atoms. The molecule has 3 amide bonds. The first-order valence-electron chi connectivity index (χ1n) is 9.24. The van der Waals surface area contributed by atoms with Gasteiger partial charge in [0.2, 0.25) is 5.91 Å². The minimum Gasteiger partial charge on any atom is -0.448 e. The van der Waals surface area contributed by atoms with Gasteiger partial charge in [0.25, 0.3) is 5.79 Å². The summed E-state index contributed by atoms with van der Waals surface area (Å²) in [6.45, 7) is -0.349. The summed E-state index contributed by atoms with van der Waals surface area (Å²) in [4.78, 5) is 23.9. The molecule has 4 rings (SSSR count). The van der Waals surface area contributed by atoms with E-state index in [4.69, 9.17) is 9.47 Å². The number of nitrogens with one attached hydrogen (secondary N) is 3. The Bertz CT molecular complexity index is 961. The molecule has 3 N–H and O–H groups in total.